The van der Waals surface area contributed by atoms with Crippen LogP contribution in [0.5, 0.6) is 5.75 Å². The van der Waals surface area contributed by atoms with Crippen molar-refractivity contribution in [2.75, 3.05) is 13.1 Å². The molecular formula is C55H85N11O12. The molecule has 0 bridgehead atoms. The van der Waals surface area contributed by atoms with Gasteiger partial charge in [-0.1, -0.05) is 96.8 Å². The number of nitrogens with zero attached hydrogens (tertiary/aromatic N) is 1. The van der Waals surface area contributed by atoms with Crippen molar-refractivity contribution >= 4 is 59.1 Å². The number of carboxylic acids is 1. The lowest BCUT2D eigenvalue weighted by Crippen LogP contribution is -2.61. The van der Waals surface area contributed by atoms with Crippen LogP contribution in [-0.2, 0) is 60.8 Å². The number of nitrogens with two attached hydrogens (primary N) is 3. The normalized spacial score (nSPS) is 16.7. The Morgan fingerprint density at radius 1 is 0.628 bits per heavy atom. The number of phenolic OH excluding ortho intramolecular Hbond substituents is 1. The molecule has 23 heteroatoms. The van der Waals surface area contributed by atoms with Crippen molar-refractivity contribution in [3.63, 3.8) is 0 Å². The van der Waals surface area contributed by atoms with E-state index in [2.05, 4.69) is 37.2 Å². The van der Waals surface area contributed by atoms with E-state index in [1.807, 2.05) is 13.8 Å². The van der Waals surface area contributed by atoms with Crippen LogP contribution >= 0.6 is 0 Å². The fourth-order valence-corrected chi connectivity index (χ4v) is 8.93. The lowest BCUT2D eigenvalue weighted by molar-refractivity contribution is -0.143. The van der Waals surface area contributed by atoms with E-state index in [-0.39, 0.29) is 69.1 Å². The molecule has 0 radical (unpaired) electrons. The molecule has 0 aliphatic carbocycles. The molecule has 2 aromatic carbocycles. The summed E-state index contributed by atoms with van der Waals surface area (Å²) < 4.78 is 0. The largest absolute Gasteiger partial charge is 0.508 e. The van der Waals surface area contributed by atoms with Gasteiger partial charge in [-0.3, -0.25) is 43.2 Å². The SMILES string of the molecule is CC[C@H](C)[C@H](NC(=O)[C@H](Cc1ccc(O)cc1)NC(=O)[C@H](Cc1ccccc1)NC(=O)[C@H](CCC(N)=O)NC(=O)[C@H](C)NC(=O)[C@@H]1CCCN1C(=O)[C@H](CC(C)C)NC(=O)[C@@H](N)CCCCN)C(=O)N[C@@H](CC(C)C)C(=O)O. The summed E-state index contributed by atoms with van der Waals surface area (Å²) in [5.41, 5.74) is 18.3. The molecule has 10 atom stereocenters. The maximum absolute atomic E-state index is 14.6. The molecule has 1 aliphatic heterocycles. The zero-order valence-corrected chi connectivity index (χ0v) is 46.2. The van der Waals surface area contributed by atoms with Gasteiger partial charge in [0, 0.05) is 25.8 Å². The van der Waals surface area contributed by atoms with Crippen molar-refractivity contribution in [1.82, 2.24) is 42.1 Å². The van der Waals surface area contributed by atoms with Crippen LogP contribution in [-0.4, -0.2) is 142 Å². The van der Waals surface area contributed by atoms with E-state index in [1.165, 1.54) is 36.1 Å². The van der Waals surface area contributed by atoms with Crippen LogP contribution in [0.25, 0.3) is 0 Å². The number of phenols is 1. The summed E-state index contributed by atoms with van der Waals surface area (Å²) >= 11 is 0. The van der Waals surface area contributed by atoms with E-state index >= 15 is 0 Å². The molecule has 78 heavy (non-hydrogen) atoms. The summed E-state index contributed by atoms with van der Waals surface area (Å²) in [6, 6.07) is 3.41. The maximum Gasteiger partial charge on any atom is 0.326 e. The Balaban J connectivity index is 1.89. The van der Waals surface area contributed by atoms with Crippen molar-refractivity contribution in [3.05, 3.63) is 65.7 Å². The van der Waals surface area contributed by atoms with Crippen molar-refractivity contribution < 1.29 is 58.2 Å². The molecule has 0 aromatic heterocycles. The molecule has 2 aromatic rings. The third-order valence-electron chi connectivity index (χ3n) is 13.6. The number of unbranched alkanes of at least 4 members (excludes halogenated alkanes) is 1. The molecule has 9 amide bonds. The summed E-state index contributed by atoms with van der Waals surface area (Å²) in [5.74, 6) is -8.56. The van der Waals surface area contributed by atoms with Gasteiger partial charge in [0.2, 0.25) is 53.2 Å². The standard InChI is InChI=1S/C55H85N11O12/c1-8-33(6)46(53(75)64-43(55(77)78)28-32(4)5)65-51(73)41(30-36-19-21-37(67)22-20-36)62-50(72)40(29-35-15-10-9-11-16-35)61-49(71)39(23-24-45(58)68)60-47(69)34(7)59-52(74)44-18-14-26-66(44)54(76)42(27-31(2)3)63-48(70)38(57)17-12-13-25-56/h9-11,15-16,19-22,31-34,38-44,46,67H,8,12-14,17-18,23-30,56-57H2,1-7H3,(H2,58,68)(H,59,74)(H,60,69)(H,61,71)(H,62,72)(H,63,70)(H,64,75)(H,65,73)(H,77,78)/t33-,34-,38-,39-,40-,41-,42-,43-,44-,46-/m0/s1. The molecule has 432 valence electrons. The Morgan fingerprint density at radius 3 is 1.71 bits per heavy atom. The fourth-order valence-electron chi connectivity index (χ4n) is 8.93. The lowest BCUT2D eigenvalue weighted by atomic mass is 9.96. The molecule has 23 nitrogen and oxygen atoms in total. The first-order chi connectivity index (χ1) is 36.8. The maximum atomic E-state index is 14.6. The predicted molar refractivity (Wildman–Crippen MR) is 291 cm³/mol. The second kappa shape index (κ2) is 32.6. The van der Waals surface area contributed by atoms with Gasteiger partial charge in [-0.15, -0.1) is 0 Å². The van der Waals surface area contributed by atoms with Crippen LogP contribution in [0.3, 0.4) is 0 Å². The van der Waals surface area contributed by atoms with Crippen LogP contribution in [0.1, 0.15) is 124 Å². The number of amides is 9. The fraction of sp³-hybridized carbons (Fsp3) is 0.600. The van der Waals surface area contributed by atoms with E-state index in [0.717, 1.165) is 0 Å². The van der Waals surface area contributed by atoms with E-state index < -0.39 is 119 Å². The van der Waals surface area contributed by atoms with Gasteiger partial charge in [0.25, 0.3) is 0 Å². The third kappa shape index (κ3) is 21.7. The highest BCUT2D eigenvalue weighted by Gasteiger charge is 2.40. The van der Waals surface area contributed by atoms with E-state index in [9.17, 15) is 58.2 Å². The van der Waals surface area contributed by atoms with Crippen LogP contribution in [0.2, 0.25) is 0 Å². The van der Waals surface area contributed by atoms with Crippen molar-refractivity contribution in [2.45, 2.75) is 180 Å². The minimum atomic E-state index is -1.50. The average Bonchev–Trinajstić information content (AvgIpc) is 3.89. The number of rotatable bonds is 33. The highest BCUT2D eigenvalue weighted by Crippen LogP contribution is 2.22. The van der Waals surface area contributed by atoms with Crippen LogP contribution in [0, 0.1) is 17.8 Å². The van der Waals surface area contributed by atoms with Crippen molar-refractivity contribution in [3.8, 4) is 5.75 Å². The van der Waals surface area contributed by atoms with Gasteiger partial charge in [0.15, 0.2) is 0 Å². The van der Waals surface area contributed by atoms with Crippen LogP contribution < -0.4 is 54.4 Å². The third-order valence-corrected chi connectivity index (χ3v) is 13.6. The molecule has 0 saturated carbocycles. The smallest absolute Gasteiger partial charge is 0.326 e. The van der Waals surface area contributed by atoms with E-state index in [0.29, 0.717) is 49.8 Å². The number of carbonyl (C=O) groups is 10. The molecule has 1 heterocycles. The summed E-state index contributed by atoms with van der Waals surface area (Å²) in [5, 5.41) is 38.5. The minimum Gasteiger partial charge on any atom is -0.508 e. The number of nitrogens with one attached hydrogen (secondary N) is 7. The molecule has 0 spiro atoms. The highest BCUT2D eigenvalue weighted by molar-refractivity contribution is 5.98. The first kappa shape index (κ1) is 65.1. The number of aromatic hydroxyl groups is 1. The lowest BCUT2D eigenvalue weighted by Gasteiger charge is -2.31. The van der Waals surface area contributed by atoms with E-state index in [1.54, 1.807) is 58.0 Å². The number of carbonyl (C=O) groups excluding carboxylic acids is 9. The first-order valence-electron chi connectivity index (χ1n) is 27.1. The number of carboxylic acid groups (broad SMARTS) is 1. The Bertz CT molecular complexity index is 2340. The van der Waals surface area contributed by atoms with Crippen molar-refractivity contribution in [2.24, 2.45) is 35.0 Å². The Hall–Kier alpha value is -7.14. The number of likely N-dealkylation sites (tertiary alicyclic amines) is 1. The second-order valence-electron chi connectivity index (χ2n) is 21.2. The number of primary amides is 1. The topological polar surface area (TPSA) is 377 Å². The second-order valence-corrected chi connectivity index (χ2v) is 21.2. The highest BCUT2D eigenvalue weighted by atomic mass is 16.4. The first-order valence-corrected chi connectivity index (χ1v) is 27.1. The molecule has 1 saturated heterocycles. The Kier molecular flexibility index (Phi) is 27.2. The average molecular weight is 1090 g/mol. The molecule has 1 fully saturated rings. The van der Waals surface area contributed by atoms with Gasteiger partial charge in [-0.05, 0) is 99.4 Å². The van der Waals surface area contributed by atoms with Gasteiger partial charge in [-0.2, -0.15) is 0 Å². The van der Waals surface area contributed by atoms with Gasteiger partial charge >= 0.3 is 5.97 Å². The molecule has 15 N–H and O–H groups in total. The van der Waals surface area contributed by atoms with Crippen LogP contribution in [0.15, 0.2) is 54.6 Å². The monoisotopic (exact) mass is 1090 g/mol. The zero-order valence-electron chi connectivity index (χ0n) is 46.2. The Morgan fingerprint density at radius 2 is 1.15 bits per heavy atom. The minimum absolute atomic E-state index is 0.0142. The molecule has 3 rings (SSSR count). The van der Waals surface area contributed by atoms with Crippen LogP contribution in [0.4, 0.5) is 0 Å². The zero-order chi connectivity index (χ0) is 58.2. The predicted octanol–water partition coefficient (Wildman–Crippen LogP) is 0.527. The summed E-state index contributed by atoms with van der Waals surface area (Å²) in [6.45, 7) is 12.9. The summed E-state index contributed by atoms with van der Waals surface area (Å²) in [4.78, 5) is 137. The summed E-state index contributed by atoms with van der Waals surface area (Å²) in [7, 11) is 0. The number of hydrogen-bond acceptors (Lipinski definition) is 13. The number of benzene rings is 2. The Labute approximate surface area is 457 Å². The van der Waals surface area contributed by atoms with Crippen molar-refractivity contribution in [1.29, 1.82) is 0 Å². The quantitative estimate of drug-likeness (QED) is 0.0434. The van der Waals surface area contributed by atoms with Gasteiger partial charge in [0.05, 0.1) is 6.04 Å². The molecular weight excluding hydrogens is 1010 g/mol. The molecule has 0 unspecified atom stereocenters. The van der Waals surface area contributed by atoms with Gasteiger partial charge in [-0.25, -0.2) is 4.79 Å². The molecule has 1 aliphatic rings. The van der Waals surface area contributed by atoms with Gasteiger partial charge in [0.1, 0.15) is 54.1 Å². The number of aliphatic carboxylic acids is 1. The van der Waals surface area contributed by atoms with E-state index in [4.69, 9.17) is 17.2 Å². The summed E-state index contributed by atoms with van der Waals surface area (Å²) in [6.07, 6.45) is 2.19. The van der Waals surface area contributed by atoms with Gasteiger partial charge < -0.3 is 69.5 Å². The number of hydrogen-bond donors (Lipinski definition) is 12.